The van der Waals surface area contributed by atoms with Gasteiger partial charge in [-0.1, -0.05) is 304 Å². The Morgan fingerprint density at radius 1 is 0.486 bits per heavy atom. The van der Waals surface area contributed by atoms with Gasteiger partial charge in [0.05, 0.1) is 0 Å². The summed E-state index contributed by atoms with van der Waals surface area (Å²) in [6.07, 6.45) is 13.4. The molecule has 570 valence electrons. The molecule has 2 aliphatic carbocycles. The number of anilines is 2. The predicted molar refractivity (Wildman–Crippen MR) is 459 cm³/mol. The monoisotopic (exact) mass is 1700 g/mol. The van der Waals surface area contributed by atoms with E-state index in [0.717, 1.165) is 43.7 Å². The predicted octanol–water partition coefficient (Wildman–Crippen LogP) is 16.7. The van der Waals surface area contributed by atoms with Gasteiger partial charge in [0.25, 0.3) is 11.8 Å². The van der Waals surface area contributed by atoms with Gasteiger partial charge in [0.1, 0.15) is 23.7 Å². The number of halogens is 3. The molecule has 2 atom stereocenters. The number of rotatable bonds is 14. The van der Waals surface area contributed by atoms with Crippen LogP contribution in [0.4, 0.5) is 11.4 Å². The van der Waals surface area contributed by atoms with Crippen LogP contribution in [0.2, 0.25) is 0 Å². The molecule has 0 saturated heterocycles. The molecule has 0 spiro atoms. The third-order valence-electron chi connectivity index (χ3n) is 17.9. The van der Waals surface area contributed by atoms with Crippen molar-refractivity contribution in [1.82, 2.24) is 41.0 Å². The summed E-state index contributed by atoms with van der Waals surface area (Å²) >= 11 is 3.34. The molecule has 20 heteroatoms. The molecule has 0 unspecified atom stereocenters. The molecule has 4 amide bonds. The first-order chi connectivity index (χ1) is 53.8. The van der Waals surface area contributed by atoms with Gasteiger partial charge in [-0.05, 0) is 146 Å². The fourth-order valence-corrected chi connectivity index (χ4v) is 17.0. The summed E-state index contributed by atoms with van der Waals surface area (Å²) in [5, 5.41) is 27.7. The Kier molecular flexibility index (Phi) is 34.3. The van der Waals surface area contributed by atoms with Crippen LogP contribution in [0.5, 0.6) is 0 Å². The van der Waals surface area contributed by atoms with E-state index in [2.05, 4.69) is 257 Å². The van der Waals surface area contributed by atoms with E-state index in [-0.39, 0.29) is 46.8 Å². The average Bonchev–Trinajstić information content (AvgIpc) is 1.80. The molecule has 2 fully saturated rings. The van der Waals surface area contributed by atoms with Crippen LogP contribution in [0.15, 0.2) is 284 Å². The van der Waals surface area contributed by atoms with E-state index in [4.69, 9.17) is 25.5 Å². The van der Waals surface area contributed by atoms with Crippen LogP contribution in [-0.4, -0.2) is 80.2 Å². The van der Waals surface area contributed by atoms with Crippen LogP contribution in [0.3, 0.4) is 0 Å². The van der Waals surface area contributed by atoms with E-state index in [1.807, 2.05) is 111 Å². The molecule has 111 heavy (non-hydrogen) atoms. The minimum absolute atomic E-state index is 0. The molecule has 4 aliphatic rings. The molecule has 2 saturated carbocycles. The summed E-state index contributed by atoms with van der Waals surface area (Å²) in [6, 6.07) is 94.9. The Hall–Kier alpha value is -9.94. The van der Waals surface area contributed by atoms with Gasteiger partial charge < -0.3 is 20.4 Å². The van der Waals surface area contributed by atoms with Gasteiger partial charge in [-0.15, -0.1) is 22.5 Å². The third-order valence-corrected chi connectivity index (χ3v) is 23.3. The zero-order chi connectivity index (χ0) is 77.4. The van der Waals surface area contributed by atoms with Gasteiger partial charge in [-0.25, -0.2) is 9.97 Å². The Bertz CT molecular complexity index is 4670. The number of nitrogens with zero attached hydrogens (tertiary/aromatic N) is 6. The van der Waals surface area contributed by atoms with E-state index < -0.39 is 39.7 Å². The van der Waals surface area contributed by atoms with Crippen molar-refractivity contribution < 1.29 is 35.1 Å². The van der Waals surface area contributed by atoms with Crippen molar-refractivity contribution >= 4 is 118 Å². The van der Waals surface area contributed by atoms with E-state index in [9.17, 15) is 19.2 Å². The Morgan fingerprint density at radius 2 is 0.802 bits per heavy atom. The summed E-state index contributed by atoms with van der Waals surface area (Å²) in [5.74, 6) is 10.3. The van der Waals surface area contributed by atoms with Crippen LogP contribution in [0.25, 0.3) is 0 Å². The van der Waals surface area contributed by atoms with Gasteiger partial charge in [-0.3, -0.25) is 29.4 Å². The molecule has 12 aromatic rings. The van der Waals surface area contributed by atoms with Gasteiger partial charge in [0.15, 0.2) is 0 Å². The topological polar surface area (TPSA) is 182 Å². The summed E-state index contributed by atoms with van der Waals surface area (Å²) in [4.78, 5) is 63.2. The number of carbonyl (C=O) groups excluding carboxylic acids is 4. The fourth-order valence-electron chi connectivity index (χ4n) is 12.0. The maximum Gasteiger partial charge on any atom is -0.0134 e. The number of hydrogen-bond acceptors (Lipinski definition) is 8. The first-order valence-electron chi connectivity index (χ1n) is 36.5. The number of aryl methyl sites for hydroxylation is 2. The van der Waals surface area contributed by atoms with Crippen molar-refractivity contribution in [2.24, 2.45) is 11.8 Å². The summed E-state index contributed by atoms with van der Waals surface area (Å²) in [6.45, 7) is 4.00. The van der Waals surface area contributed by atoms with E-state index >= 15 is 0 Å². The number of benzene rings is 10. The number of terminal acetylenes is 1. The summed E-state index contributed by atoms with van der Waals surface area (Å²) < 4.78 is 0.907. The minimum Gasteiger partial charge on any atom is -0.0622 e. The number of hydrogen-bond donors (Lipinski definition) is 4. The number of aromatic nitrogens is 6. The van der Waals surface area contributed by atoms with Crippen LogP contribution in [0, 0.1) is 36.0 Å². The average molecular weight is 1710 g/mol. The molecule has 16 rings (SSSR count). The smallest absolute Gasteiger partial charge is 0.0134 e. The van der Waals surface area contributed by atoms with Crippen LogP contribution >= 0.6 is 50.8 Å². The quantitative estimate of drug-likeness (QED) is 0.0471. The van der Waals surface area contributed by atoms with Crippen LogP contribution < -0.4 is 52.3 Å². The zero-order valence-electron chi connectivity index (χ0n) is 61.7. The summed E-state index contributed by atoms with van der Waals surface area (Å²) in [7, 11) is 12.2. The van der Waals surface area contributed by atoms with Crippen LogP contribution in [0.1, 0.15) is 121 Å². The number of carbonyl (C=O) groups is 4. The van der Waals surface area contributed by atoms with Crippen LogP contribution in [-0.2, 0) is 51.2 Å². The fraction of sp³-hybridized carbons (Fsp3) is 0.209. The first-order valence-corrected chi connectivity index (χ1v) is 44.0. The maximum atomic E-state index is 13.1. The molecule has 14 nitrogen and oxygen atoms in total. The van der Waals surface area contributed by atoms with E-state index in [1.54, 1.807) is 23.9 Å². The SMILES string of the molecule is C.C#CC1CC1.CC.CN1C(=O)[C@@H](NC(=O)c2n[nH]c(Cc3ccccc3)n2)CCc2ccc(Br)cc21.CN1C(=O)[C@@H](NC(=O)c2n[nH]c(Cc3ccccc3)n2)CCc2ccc(C#CC3CC3)cc21.[Cl][Pd][Cl].c1ccc(P(c2ccccc2)c2ccccc2)cc1.c1ccc(P(c2ccccc2)c2ccccc2)cc1. The Balaban J connectivity index is 0.000000166. The van der Waals surface area contributed by atoms with Gasteiger partial charge in [0, 0.05) is 60.2 Å². The molecular formula is C91H91BrCl2N10O4P2Pd. The van der Waals surface area contributed by atoms with Crippen molar-refractivity contribution in [3.63, 3.8) is 0 Å². The van der Waals surface area contributed by atoms with Crippen molar-refractivity contribution in [2.75, 3.05) is 23.9 Å². The van der Waals surface area contributed by atoms with Crippen molar-refractivity contribution in [2.45, 2.75) is 97.6 Å². The first kappa shape index (κ1) is 85.1. The third kappa shape index (κ3) is 25.8. The van der Waals surface area contributed by atoms with Gasteiger partial charge >= 0.3 is 35.0 Å². The van der Waals surface area contributed by atoms with Crippen molar-refractivity contribution in [3.8, 4) is 24.2 Å². The van der Waals surface area contributed by atoms with E-state index in [0.29, 0.717) is 62.0 Å². The summed E-state index contributed by atoms with van der Waals surface area (Å²) in [5.41, 5.74) is 6.90. The molecule has 10 aromatic carbocycles. The molecule has 2 aliphatic heterocycles. The minimum atomic E-state index is -0.646. The second kappa shape index (κ2) is 44.8. The molecule has 0 bridgehead atoms. The second-order valence-corrected chi connectivity index (χ2v) is 33.5. The molecule has 2 aromatic heterocycles. The molecule has 4 N–H and O–H groups in total. The van der Waals surface area contributed by atoms with Gasteiger partial charge in [0.2, 0.25) is 23.5 Å². The zero-order valence-corrected chi connectivity index (χ0v) is 68.1. The standard InChI is InChI=1S/C26H25N5O2.C21H20BrN5O2.2C18H15P.C5H6.C2H6.CH4.2ClH.Pd/c1-31-22-15-19(10-9-17-7-8-17)11-12-20(22)13-14-21(26(31)33)27-25(32)24-28-23(29-30-24)16-18-5-3-2-4-6-18;1-27-17-12-15(22)9-7-14(17)8-10-16(21(27)29)23-20(28)19-24-18(25-26-19)11-13-5-3-2-4-6-13;2*1-4-10-16(11-5-1)19(17-12-6-2-7-13-17)18-14-8-3-9-15-18;1-2-5-3-4-5;1-2;;;;/h2-6,11-12,15,17,21H,7-8,13-14,16H2,1H3,(H,27,32)(H,28,29,30);2-7,9,12,16H,8,10-11H2,1H3,(H,23,28)(H,24,25,26);2*1-15H;1,5H,3-4H2;1-2H3;1H4;2*1H;/q;;;;;;;;;+2/p-2/t21-;16-;;;;;;;;/m00......../s1. The number of H-pyrrole nitrogens is 2. The molecular weight excluding hydrogens is 1620 g/mol. The van der Waals surface area contributed by atoms with Crippen molar-refractivity contribution in [1.29, 1.82) is 0 Å². The largest absolute Gasteiger partial charge is 0.0622 e. The Labute approximate surface area is 680 Å². The Morgan fingerprint density at radius 3 is 1.12 bits per heavy atom. The molecule has 4 heterocycles. The number of likely N-dealkylation sites (N-methyl/N-ethyl adjacent to an activating group) is 2. The normalized spacial score (nSPS) is 14.3. The number of amides is 4. The number of fused-ring (bicyclic) bond motifs is 2. The maximum absolute atomic E-state index is 13.1. The van der Waals surface area contributed by atoms with Crippen molar-refractivity contribution in [3.05, 3.63) is 335 Å². The molecule has 0 radical (unpaired) electrons. The van der Waals surface area contributed by atoms with Gasteiger partial charge in [-0.2, -0.15) is 0 Å². The number of aromatic amines is 2. The second-order valence-electron chi connectivity index (χ2n) is 25.8. The van der Waals surface area contributed by atoms with E-state index in [1.165, 1.54) is 57.5 Å². The number of nitrogens with one attached hydrogen (secondary N) is 4.